The summed E-state index contributed by atoms with van der Waals surface area (Å²) in [7, 11) is 1.56. The first-order valence-electron chi connectivity index (χ1n) is 5.76. The SMILES string of the molecule is CNC(=O)CCNCc1cccc(/C(N)=N/O)c1F. The molecule has 104 valence electrons. The van der Waals surface area contributed by atoms with Crippen molar-refractivity contribution in [3.05, 3.63) is 35.1 Å². The molecule has 19 heavy (non-hydrogen) atoms. The van der Waals surface area contributed by atoms with Crippen LogP contribution in [-0.2, 0) is 11.3 Å². The van der Waals surface area contributed by atoms with Gasteiger partial charge in [0.25, 0.3) is 0 Å². The van der Waals surface area contributed by atoms with Crippen molar-refractivity contribution in [3.8, 4) is 0 Å². The molecule has 5 N–H and O–H groups in total. The van der Waals surface area contributed by atoms with E-state index in [-0.39, 0.29) is 23.9 Å². The lowest BCUT2D eigenvalue weighted by Crippen LogP contribution is -2.25. The van der Waals surface area contributed by atoms with Gasteiger partial charge in [-0.15, -0.1) is 0 Å². The third-order valence-electron chi connectivity index (χ3n) is 2.59. The normalized spacial score (nSPS) is 11.4. The van der Waals surface area contributed by atoms with Crippen molar-refractivity contribution in [1.29, 1.82) is 0 Å². The molecule has 6 nitrogen and oxygen atoms in total. The molecule has 0 atom stereocenters. The monoisotopic (exact) mass is 268 g/mol. The summed E-state index contributed by atoms with van der Waals surface area (Å²) in [5, 5.41) is 16.8. The number of carbonyl (C=O) groups is 1. The number of hydrogen-bond donors (Lipinski definition) is 4. The summed E-state index contributed by atoms with van der Waals surface area (Å²) in [5.74, 6) is -0.895. The van der Waals surface area contributed by atoms with Crippen molar-refractivity contribution >= 4 is 11.7 Å². The van der Waals surface area contributed by atoms with E-state index in [1.807, 2.05) is 0 Å². The predicted molar refractivity (Wildman–Crippen MR) is 69.3 cm³/mol. The lowest BCUT2D eigenvalue weighted by atomic mass is 10.1. The molecule has 0 saturated heterocycles. The van der Waals surface area contributed by atoms with Crippen LogP contribution >= 0.6 is 0 Å². The van der Waals surface area contributed by atoms with Gasteiger partial charge in [-0.25, -0.2) is 4.39 Å². The maximum Gasteiger partial charge on any atom is 0.221 e. The summed E-state index contributed by atoms with van der Waals surface area (Å²) in [6.07, 6.45) is 0.318. The molecule has 0 aliphatic rings. The molecule has 1 amide bonds. The van der Waals surface area contributed by atoms with Gasteiger partial charge < -0.3 is 21.6 Å². The number of benzene rings is 1. The minimum atomic E-state index is -0.537. The van der Waals surface area contributed by atoms with Gasteiger partial charge >= 0.3 is 0 Å². The number of nitrogens with one attached hydrogen (secondary N) is 2. The molecule has 1 aromatic rings. The standard InChI is InChI=1S/C12H17FN4O2/c1-15-10(18)5-6-16-7-8-3-2-4-9(11(8)13)12(14)17-19/h2-4,16,19H,5-7H2,1H3,(H2,14,17)(H,15,18). The molecule has 0 heterocycles. The van der Waals surface area contributed by atoms with Gasteiger partial charge in [0.2, 0.25) is 5.91 Å². The molecular weight excluding hydrogens is 251 g/mol. The number of nitrogens with two attached hydrogens (primary N) is 1. The van der Waals surface area contributed by atoms with Gasteiger partial charge in [0, 0.05) is 32.1 Å². The van der Waals surface area contributed by atoms with E-state index in [0.29, 0.717) is 18.5 Å². The third kappa shape index (κ3) is 4.22. The second-order valence-corrected chi connectivity index (χ2v) is 3.86. The van der Waals surface area contributed by atoms with Crippen molar-refractivity contribution < 1.29 is 14.4 Å². The van der Waals surface area contributed by atoms with Crippen molar-refractivity contribution in [2.24, 2.45) is 10.9 Å². The first kappa shape index (κ1) is 14.9. The van der Waals surface area contributed by atoms with Gasteiger partial charge in [0.05, 0.1) is 5.56 Å². The minimum absolute atomic E-state index is 0.0492. The van der Waals surface area contributed by atoms with E-state index >= 15 is 0 Å². The topological polar surface area (TPSA) is 99.7 Å². The zero-order chi connectivity index (χ0) is 14.3. The van der Waals surface area contributed by atoms with Gasteiger partial charge in [-0.05, 0) is 6.07 Å². The van der Waals surface area contributed by atoms with Crippen molar-refractivity contribution in [1.82, 2.24) is 10.6 Å². The zero-order valence-electron chi connectivity index (χ0n) is 10.6. The Hall–Kier alpha value is -2.15. The van der Waals surface area contributed by atoms with E-state index in [4.69, 9.17) is 10.9 Å². The predicted octanol–water partition coefficient (Wildman–Crippen LogP) is 0.146. The van der Waals surface area contributed by atoms with Crippen LogP contribution in [0.3, 0.4) is 0 Å². The van der Waals surface area contributed by atoms with Gasteiger partial charge in [-0.3, -0.25) is 4.79 Å². The summed E-state index contributed by atoms with van der Waals surface area (Å²) in [4.78, 5) is 11.0. The summed E-state index contributed by atoms with van der Waals surface area (Å²) in [5.41, 5.74) is 5.80. The molecule has 1 aromatic carbocycles. The second kappa shape index (κ2) is 7.32. The van der Waals surface area contributed by atoms with Crippen molar-refractivity contribution in [3.63, 3.8) is 0 Å². The highest BCUT2D eigenvalue weighted by molar-refractivity contribution is 5.97. The van der Waals surface area contributed by atoms with Crippen LogP contribution < -0.4 is 16.4 Å². The Morgan fingerprint density at radius 3 is 2.89 bits per heavy atom. The first-order valence-corrected chi connectivity index (χ1v) is 5.76. The number of hydrogen-bond acceptors (Lipinski definition) is 4. The number of amidine groups is 1. The fraction of sp³-hybridized carbons (Fsp3) is 0.333. The highest BCUT2D eigenvalue weighted by atomic mass is 19.1. The van der Waals surface area contributed by atoms with Crippen LogP contribution in [-0.4, -0.2) is 30.5 Å². The number of oxime groups is 1. The highest BCUT2D eigenvalue weighted by Gasteiger charge is 2.11. The molecule has 0 aromatic heterocycles. The van der Waals surface area contributed by atoms with Crippen LogP contribution in [0.5, 0.6) is 0 Å². The Morgan fingerprint density at radius 2 is 2.26 bits per heavy atom. The molecule has 0 spiro atoms. The maximum atomic E-state index is 14.0. The van der Waals surface area contributed by atoms with Gasteiger partial charge in [-0.1, -0.05) is 17.3 Å². The molecule has 0 saturated carbocycles. The summed E-state index contributed by atoms with van der Waals surface area (Å²) >= 11 is 0. The molecule has 1 rings (SSSR count). The quantitative estimate of drug-likeness (QED) is 0.194. The average molecular weight is 268 g/mol. The number of halogens is 1. The molecule has 0 bridgehead atoms. The Kier molecular flexibility index (Phi) is 5.74. The molecule has 0 unspecified atom stereocenters. The van der Waals surface area contributed by atoms with Crippen molar-refractivity contribution in [2.75, 3.05) is 13.6 Å². The van der Waals surface area contributed by atoms with E-state index in [2.05, 4.69) is 15.8 Å². The Bertz CT molecular complexity index is 477. The molecular formula is C12H17FN4O2. The van der Waals surface area contributed by atoms with E-state index in [1.165, 1.54) is 6.07 Å². The van der Waals surface area contributed by atoms with E-state index in [9.17, 15) is 9.18 Å². The average Bonchev–Trinajstić information content (AvgIpc) is 2.43. The van der Waals surface area contributed by atoms with Crippen LogP contribution in [0.25, 0.3) is 0 Å². The summed E-state index contributed by atoms with van der Waals surface area (Å²) < 4.78 is 14.0. The first-order chi connectivity index (χ1) is 9.10. The molecule has 0 aliphatic carbocycles. The van der Waals surface area contributed by atoms with Gasteiger partial charge in [0.1, 0.15) is 5.82 Å². The number of rotatable bonds is 6. The molecule has 0 aliphatic heterocycles. The fourth-order valence-electron chi connectivity index (χ4n) is 1.52. The van der Waals surface area contributed by atoms with Crippen LogP contribution in [0.2, 0.25) is 0 Å². The van der Waals surface area contributed by atoms with Crippen LogP contribution in [0.1, 0.15) is 17.5 Å². The Morgan fingerprint density at radius 1 is 1.53 bits per heavy atom. The number of nitrogens with zero attached hydrogens (tertiary/aromatic N) is 1. The fourth-order valence-corrected chi connectivity index (χ4v) is 1.52. The summed E-state index contributed by atoms with van der Waals surface area (Å²) in [6.45, 7) is 0.697. The lowest BCUT2D eigenvalue weighted by Gasteiger charge is -2.08. The second-order valence-electron chi connectivity index (χ2n) is 3.86. The summed E-state index contributed by atoms with van der Waals surface area (Å²) in [6, 6.07) is 4.64. The molecule has 7 heteroatoms. The largest absolute Gasteiger partial charge is 0.409 e. The molecule has 0 fully saturated rings. The van der Waals surface area contributed by atoms with E-state index < -0.39 is 5.82 Å². The third-order valence-corrected chi connectivity index (χ3v) is 2.59. The zero-order valence-corrected chi connectivity index (χ0v) is 10.6. The van der Waals surface area contributed by atoms with Crippen LogP contribution in [0.4, 0.5) is 4.39 Å². The highest BCUT2D eigenvalue weighted by Crippen LogP contribution is 2.12. The van der Waals surface area contributed by atoms with E-state index in [0.717, 1.165) is 0 Å². The number of carbonyl (C=O) groups excluding carboxylic acids is 1. The molecule has 0 radical (unpaired) electrons. The van der Waals surface area contributed by atoms with Gasteiger partial charge in [-0.2, -0.15) is 0 Å². The minimum Gasteiger partial charge on any atom is -0.409 e. The van der Waals surface area contributed by atoms with Crippen LogP contribution in [0, 0.1) is 5.82 Å². The number of amides is 1. The van der Waals surface area contributed by atoms with Crippen LogP contribution in [0.15, 0.2) is 23.4 Å². The van der Waals surface area contributed by atoms with Gasteiger partial charge in [0.15, 0.2) is 5.84 Å². The lowest BCUT2D eigenvalue weighted by molar-refractivity contribution is -0.120. The maximum absolute atomic E-state index is 14.0. The van der Waals surface area contributed by atoms with E-state index in [1.54, 1.807) is 19.2 Å². The van der Waals surface area contributed by atoms with Crippen molar-refractivity contribution in [2.45, 2.75) is 13.0 Å². The Labute approximate surface area is 110 Å². The Balaban J connectivity index is 2.62. The smallest absolute Gasteiger partial charge is 0.221 e.